The molecule has 6 nitrogen and oxygen atoms in total. The van der Waals surface area contributed by atoms with Crippen LogP contribution in [0.2, 0.25) is 0 Å². The molecule has 2 aromatic rings. The fourth-order valence-electron chi connectivity index (χ4n) is 3.85. The van der Waals surface area contributed by atoms with Gasteiger partial charge in [-0.3, -0.25) is 14.5 Å². The number of aromatic nitrogens is 1. The summed E-state index contributed by atoms with van der Waals surface area (Å²) in [6.07, 6.45) is 0.425. The van der Waals surface area contributed by atoms with E-state index in [-0.39, 0.29) is 11.8 Å². The molecule has 0 spiro atoms. The summed E-state index contributed by atoms with van der Waals surface area (Å²) in [5.74, 6) is 0.340. The van der Waals surface area contributed by atoms with Crippen LogP contribution in [0.5, 0.6) is 0 Å². The molecule has 6 heteroatoms. The Morgan fingerprint density at radius 3 is 2.41 bits per heavy atom. The Balaban J connectivity index is 1.56. The monoisotopic (exact) mass is 370 g/mol. The van der Waals surface area contributed by atoms with Crippen molar-refractivity contribution in [3.8, 4) is 0 Å². The van der Waals surface area contributed by atoms with E-state index >= 15 is 0 Å². The Morgan fingerprint density at radius 1 is 1.07 bits per heavy atom. The van der Waals surface area contributed by atoms with Crippen LogP contribution in [0.1, 0.15) is 25.1 Å². The van der Waals surface area contributed by atoms with Gasteiger partial charge in [0.1, 0.15) is 0 Å². The van der Waals surface area contributed by atoms with Gasteiger partial charge >= 0.3 is 0 Å². The number of hydrogen-bond acceptors (Lipinski definition) is 3. The average Bonchev–Trinajstić information content (AvgIpc) is 2.98. The van der Waals surface area contributed by atoms with E-state index in [0.717, 1.165) is 48.3 Å². The van der Waals surface area contributed by atoms with Crippen LogP contribution in [0.3, 0.4) is 0 Å². The highest BCUT2D eigenvalue weighted by atomic mass is 16.2. The van der Waals surface area contributed by atoms with Gasteiger partial charge in [0, 0.05) is 55.9 Å². The maximum absolute atomic E-state index is 12.8. The molecule has 1 fully saturated rings. The van der Waals surface area contributed by atoms with Gasteiger partial charge in [0.05, 0.1) is 13.0 Å². The number of nitrogens with one attached hydrogen (secondary N) is 1. The Hall–Kier alpha value is -2.34. The second kappa shape index (κ2) is 8.57. The van der Waals surface area contributed by atoms with Gasteiger partial charge in [-0.1, -0.05) is 18.2 Å². The van der Waals surface area contributed by atoms with Crippen molar-refractivity contribution in [3.63, 3.8) is 0 Å². The van der Waals surface area contributed by atoms with Crippen molar-refractivity contribution in [3.05, 3.63) is 35.5 Å². The lowest BCUT2D eigenvalue weighted by Crippen LogP contribution is -2.51. The normalized spacial score (nSPS) is 15.3. The topological polar surface area (TPSA) is 59.7 Å². The van der Waals surface area contributed by atoms with Crippen LogP contribution in [-0.4, -0.2) is 77.3 Å². The van der Waals surface area contributed by atoms with E-state index in [1.54, 1.807) is 0 Å². The number of fused-ring (bicyclic) bond motifs is 1. The van der Waals surface area contributed by atoms with Crippen LogP contribution in [0, 0.1) is 6.92 Å². The molecule has 0 saturated carbocycles. The first kappa shape index (κ1) is 19.4. The number of amides is 2. The molecule has 0 unspecified atom stereocenters. The van der Waals surface area contributed by atoms with E-state index in [1.807, 2.05) is 48.8 Å². The molecule has 0 aliphatic carbocycles. The first-order valence-corrected chi connectivity index (χ1v) is 9.87. The van der Waals surface area contributed by atoms with Gasteiger partial charge in [0.2, 0.25) is 11.8 Å². The Morgan fingerprint density at radius 2 is 1.74 bits per heavy atom. The number of para-hydroxylation sites is 1. The number of aromatic amines is 1. The Kier molecular flexibility index (Phi) is 6.16. The summed E-state index contributed by atoms with van der Waals surface area (Å²) in [5, 5.41) is 1.13. The van der Waals surface area contributed by atoms with Crippen LogP contribution in [0.25, 0.3) is 10.9 Å². The summed E-state index contributed by atoms with van der Waals surface area (Å²) in [4.78, 5) is 34.4. The molecule has 146 valence electrons. The molecule has 2 heterocycles. The van der Waals surface area contributed by atoms with Gasteiger partial charge in [-0.05, 0) is 32.4 Å². The Labute approximate surface area is 161 Å². The number of carbonyl (C=O) groups is 2. The maximum Gasteiger partial charge on any atom is 0.236 e. The molecule has 0 radical (unpaired) electrons. The summed E-state index contributed by atoms with van der Waals surface area (Å²) in [7, 11) is 0. The molecule has 27 heavy (non-hydrogen) atoms. The summed E-state index contributed by atoms with van der Waals surface area (Å²) < 4.78 is 0. The van der Waals surface area contributed by atoms with Gasteiger partial charge in [-0.15, -0.1) is 0 Å². The third-order valence-corrected chi connectivity index (χ3v) is 5.56. The first-order valence-electron chi connectivity index (χ1n) is 9.87. The molecule has 2 amide bonds. The van der Waals surface area contributed by atoms with Crippen molar-refractivity contribution in [1.29, 1.82) is 0 Å². The van der Waals surface area contributed by atoms with Gasteiger partial charge in [0.15, 0.2) is 0 Å². The molecule has 1 aliphatic rings. The molecular weight excluding hydrogens is 340 g/mol. The van der Waals surface area contributed by atoms with Crippen molar-refractivity contribution in [2.45, 2.75) is 27.2 Å². The van der Waals surface area contributed by atoms with Crippen LogP contribution in [0.15, 0.2) is 24.3 Å². The fourth-order valence-corrected chi connectivity index (χ4v) is 3.85. The van der Waals surface area contributed by atoms with E-state index in [1.165, 1.54) is 0 Å². The number of aryl methyl sites for hydroxylation is 1. The van der Waals surface area contributed by atoms with Crippen LogP contribution < -0.4 is 0 Å². The highest BCUT2D eigenvalue weighted by molar-refractivity contribution is 5.90. The number of piperazine rings is 1. The SMILES string of the molecule is CCN(CC)C(=O)CN1CCN(C(=O)Cc2c(C)[nH]c3ccccc23)CC1. The quantitative estimate of drug-likeness (QED) is 0.846. The molecule has 1 aliphatic heterocycles. The molecule has 1 aromatic carbocycles. The zero-order valence-electron chi connectivity index (χ0n) is 16.6. The Bertz CT molecular complexity index is 802. The zero-order chi connectivity index (χ0) is 19.4. The van der Waals surface area contributed by atoms with Crippen molar-refractivity contribution in [2.75, 3.05) is 45.8 Å². The van der Waals surface area contributed by atoms with Gasteiger partial charge in [-0.25, -0.2) is 0 Å². The maximum atomic E-state index is 12.8. The lowest BCUT2D eigenvalue weighted by molar-refractivity contribution is -0.134. The molecule has 1 aromatic heterocycles. The van der Waals surface area contributed by atoms with E-state index in [9.17, 15) is 9.59 Å². The van der Waals surface area contributed by atoms with Crippen molar-refractivity contribution in [1.82, 2.24) is 19.7 Å². The van der Waals surface area contributed by atoms with Crippen LogP contribution in [0.4, 0.5) is 0 Å². The van der Waals surface area contributed by atoms with Gasteiger partial charge in [0.25, 0.3) is 0 Å². The molecular formula is C21H30N4O2. The predicted molar refractivity (Wildman–Crippen MR) is 108 cm³/mol. The van der Waals surface area contributed by atoms with Crippen molar-refractivity contribution >= 4 is 22.7 Å². The summed E-state index contributed by atoms with van der Waals surface area (Å²) >= 11 is 0. The van der Waals surface area contributed by atoms with E-state index in [2.05, 4.69) is 16.0 Å². The molecule has 1 N–H and O–H groups in total. The molecule has 3 rings (SSSR count). The largest absolute Gasteiger partial charge is 0.358 e. The summed E-state index contributed by atoms with van der Waals surface area (Å²) in [6.45, 7) is 10.9. The van der Waals surface area contributed by atoms with Crippen LogP contribution >= 0.6 is 0 Å². The van der Waals surface area contributed by atoms with Crippen LogP contribution in [-0.2, 0) is 16.0 Å². The predicted octanol–water partition coefficient (Wildman–Crippen LogP) is 2.03. The molecule has 0 bridgehead atoms. The number of H-pyrrole nitrogens is 1. The lowest BCUT2D eigenvalue weighted by atomic mass is 10.1. The van der Waals surface area contributed by atoms with Gasteiger partial charge < -0.3 is 14.8 Å². The number of hydrogen-bond donors (Lipinski definition) is 1. The minimum Gasteiger partial charge on any atom is -0.358 e. The van der Waals surface area contributed by atoms with E-state index < -0.39 is 0 Å². The third kappa shape index (κ3) is 4.33. The standard InChI is InChI=1S/C21H30N4O2/c1-4-24(5-2)21(27)15-23-10-12-25(13-11-23)20(26)14-18-16(3)22-19-9-7-6-8-17(18)19/h6-9,22H,4-5,10-15H2,1-3H3. The minimum atomic E-state index is 0.164. The first-order chi connectivity index (χ1) is 13.0. The van der Waals surface area contributed by atoms with Gasteiger partial charge in [-0.2, -0.15) is 0 Å². The zero-order valence-corrected chi connectivity index (χ0v) is 16.6. The number of rotatable bonds is 6. The van der Waals surface area contributed by atoms with Crippen molar-refractivity contribution < 1.29 is 9.59 Å². The number of carbonyl (C=O) groups excluding carboxylic acids is 2. The van der Waals surface area contributed by atoms with Crippen molar-refractivity contribution in [2.24, 2.45) is 0 Å². The third-order valence-electron chi connectivity index (χ3n) is 5.56. The second-order valence-electron chi connectivity index (χ2n) is 7.17. The summed E-state index contributed by atoms with van der Waals surface area (Å²) in [5.41, 5.74) is 3.24. The van der Waals surface area contributed by atoms with E-state index in [0.29, 0.717) is 26.1 Å². The molecule has 1 saturated heterocycles. The highest BCUT2D eigenvalue weighted by Gasteiger charge is 2.24. The molecule has 0 atom stereocenters. The highest BCUT2D eigenvalue weighted by Crippen LogP contribution is 2.23. The number of benzene rings is 1. The lowest BCUT2D eigenvalue weighted by Gasteiger charge is -2.35. The average molecular weight is 370 g/mol. The fraction of sp³-hybridized carbons (Fsp3) is 0.524. The smallest absolute Gasteiger partial charge is 0.236 e. The van der Waals surface area contributed by atoms with E-state index in [4.69, 9.17) is 0 Å². The second-order valence-corrected chi connectivity index (χ2v) is 7.17. The number of likely N-dealkylation sites (N-methyl/N-ethyl adjacent to an activating group) is 1. The minimum absolute atomic E-state index is 0.164. The number of nitrogens with zero attached hydrogens (tertiary/aromatic N) is 3. The summed E-state index contributed by atoms with van der Waals surface area (Å²) in [6, 6.07) is 8.12.